The summed E-state index contributed by atoms with van der Waals surface area (Å²) in [5.41, 5.74) is -0.902. The van der Waals surface area contributed by atoms with Crippen molar-refractivity contribution in [1.82, 2.24) is 0 Å². The van der Waals surface area contributed by atoms with Crippen molar-refractivity contribution in [3.63, 3.8) is 0 Å². The third kappa shape index (κ3) is 11.2. The van der Waals surface area contributed by atoms with Crippen molar-refractivity contribution < 1.29 is 29.2 Å². The summed E-state index contributed by atoms with van der Waals surface area (Å²) in [6.07, 6.45) is 1.34. The molecule has 0 heterocycles. The van der Waals surface area contributed by atoms with Crippen molar-refractivity contribution in [1.29, 1.82) is 0 Å². The van der Waals surface area contributed by atoms with Crippen molar-refractivity contribution in [2.24, 2.45) is 0 Å². The molecular weight excluding hydrogens is 328 g/mol. The molecule has 0 aliphatic rings. The summed E-state index contributed by atoms with van der Waals surface area (Å²) in [5, 5.41) is 19.4. The molecule has 0 amide bonds. The summed E-state index contributed by atoms with van der Waals surface area (Å²) in [6, 6.07) is 0. The van der Waals surface area contributed by atoms with Gasteiger partial charge in [0.25, 0.3) is 0 Å². The summed E-state index contributed by atoms with van der Waals surface area (Å²) in [6.45, 7) is 11.6. The van der Waals surface area contributed by atoms with Crippen LogP contribution in [0.1, 0.15) is 13.8 Å². The Balaban J connectivity index is 4.14. The zero-order chi connectivity index (χ0) is 16.8. The summed E-state index contributed by atoms with van der Waals surface area (Å²) in [5.74, 6) is 0. The van der Waals surface area contributed by atoms with E-state index in [2.05, 4.69) is 13.2 Å². The Hall–Kier alpha value is -0.380. The monoisotopic (exact) mass is 354 g/mol. The van der Waals surface area contributed by atoms with Crippen LogP contribution in [0.5, 0.6) is 0 Å². The molecule has 0 aromatic rings. The van der Waals surface area contributed by atoms with Gasteiger partial charge in [0.15, 0.2) is 0 Å². The van der Waals surface area contributed by atoms with Crippen LogP contribution in [0.4, 0.5) is 0 Å². The van der Waals surface area contributed by atoms with Crippen molar-refractivity contribution in [2.75, 3.05) is 26.4 Å². The van der Waals surface area contributed by atoms with E-state index in [1.54, 1.807) is 13.8 Å². The van der Waals surface area contributed by atoms with Crippen molar-refractivity contribution >= 4 is 21.6 Å². The second kappa shape index (κ2) is 14.2. The van der Waals surface area contributed by atoms with Gasteiger partial charge >= 0.3 is 0 Å². The first-order chi connectivity index (χ1) is 10.5. The minimum atomic E-state index is -0.667. The molecule has 0 saturated carbocycles. The molecule has 6 nitrogen and oxygen atoms in total. The first-order valence-corrected chi connectivity index (χ1v) is 9.17. The highest BCUT2D eigenvalue weighted by molar-refractivity contribution is 8.77. The highest BCUT2D eigenvalue weighted by atomic mass is 33.1. The number of rotatable bonds is 15. The van der Waals surface area contributed by atoms with Crippen LogP contribution in [0.25, 0.3) is 0 Å². The molecule has 0 aromatic heterocycles. The lowest BCUT2D eigenvalue weighted by molar-refractivity contribution is 0.00465. The molecule has 130 valence electrons. The number of hydrogen-bond acceptors (Lipinski definition) is 8. The SMILES string of the molecule is C=COCCOC(SSC(OCCOC=C)C(C)O)C(C)O. The van der Waals surface area contributed by atoms with Gasteiger partial charge in [-0.2, -0.15) is 0 Å². The summed E-state index contributed by atoms with van der Waals surface area (Å²) in [7, 11) is 2.61. The van der Waals surface area contributed by atoms with Gasteiger partial charge in [-0.15, -0.1) is 0 Å². The van der Waals surface area contributed by atoms with E-state index in [-0.39, 0.29) is 0 Å². The Bertz CT molecular complexity index is 261. The maximum atomic E-state index is 9.71. The van der Waals surface area contributed by atoms with Gasteiger partial charge in [0.2, 0.25) is 0 Å². The second-order valence-electron chi connectivity index (χ2n) is 4.23. The minimum absolute atomic E-state index is 0.336. The van der Waals surface area contributed by atoms with Crippen molar-refractivity contribution in [2.45, 2.75) is 36.9 Å². The topological polar surface area (TPSA) is 77.4 Å². The molecule has 8 heteroatoms. The number of hydrogen-bond donors (Lipinski definition) is 2. The maximum absolute atomic E-state index is 9.71. The van der Waals surface area contributed by atoms with E-state index >= 15 is 0 Å². The molecule has 2 N–H and O–H groups in total. The van der Waals surface area contributed by atoms with Gasteiger partial charge in [0.1, 0.15) is 24.1 Å². The van der Waals surface area contributed by atoms with Gasteiger partial charge < -0.3 is 29.2 Å². The molecule has 0 aliphatic heterocycles. The molecule has 22 heavy (non-hydrogen) atoms. The van der Waals surface area contributed by atoms with E-state index in [1.165, 1.54) is 34.1 Å². The molecule has 0 bridgehead atoms. The van der Waals surface area contributed by atoms with E-state index in [9.17, 15) is 10.2 Å². The first-order valence-electron chi connectivity index (χ1n) is 6.89. The largest absolute Gasteiger partial charge is 0.499 e. The Kier molecular flexibility index (Phi) is 14.0. The summed E-state index contributed by atoms with van der Waals surface area (Å²) < 4.78 is 21.0. The molecule has 0 saturated heterocycles. The Labute approximate surface area is 140 Å². The first kappa shape index (κ1) is 21.6. The second-order valence-corrected chi connectivity index (χ2v) is 6.70. The average Bonchev–Trinajstić information content (AvgIpc) is 2.47. The standard InChI is InChI=1S/C14H26O6S2/c1-5-17-7-9-19-13(11(3)15)21-22-14(12(4)16)20-10-8-18-6-2/h5-6,11-16H,1-2,7-10H2,3-4H3. The Morgan fingerprint density at radius 2 is 1.18 bits per heavy atom. The smallest absolute Gasteiger partial charge is 0.138 e. The van der Waals surface area contributed by atoms with Gasteiger partial charge in [-0.3, -0.25) is 0 Å². The van der Waals surface area contributed by atoms with Crippen LogP contribution in [-0.4, -0.2) is 59.7 Å². The van der Waals surface area contributed by atoms with Crippen LogP contribution in [0.15, 0.2) is 25.7 Å². The number of ether oxygens (including phenoxy) is 4. The van der Waals surface area contributed by atoms with Gasteiger partial charge in [-0.25, -0.2) is 0 Å². The maximum Gasteiger partial charge on any atom is 0.138 e. The number of aliphatic hydroxyl groups excluding tert-OH is 2. The lowest BCUT2D eigenvalue weighted by Gasteiger charge is -2.24. The number of aliphatic hydroxyl groups is 2. The van der Waals surface area contributed by atoms with Crippen LogP contribution >= 0.6 is 21.6 Å². The van der Waals surface area contributed by atoms with Gasteiger partial charge in [0.05, 0.1) is 37.9 Å². The van der Waals surface area contributed by atoms with Crippen molar-refractivity contribution in [3.05, 3.63) is 25.7 Å². The van der Waals surface area contributed by atoms with Crippen LogP contribution < -0.4 is 0 Å². The average molecular weight is 354 g/mol. The van der Waals surface area contributed by atoms with E-state index in [0.29, 0.717) is 26.4 Å². The predicted octanol–water partition coefficient (Wildman–Crippen LogP) is 2.14. The van der Waals surface area contributed by atoms with Gasteiger partial charge in [-0.05, 0) is 13.8 Å². The van der Waals surface area contributed by atoms with Crippen LogP contribution in [-0.2, 0) is 18.9 Å². The lowest BCUT2D eigenvalue weighted by atomic mass is 10.4. The summed E-state index contributed by atoms with van der Waals surface area (Å²) in [4.78, 5) is 0. The molecule has 0 spiro atoms. The Morgan fingerprint density at radius 3 is 1.45 bits per heavy atom. The molecular formula is C14H26O6S2. The predicted molar refractivity (Wildman–Crippen MR) is 90.3 cm³/mol. The molecule has 4 unspecified atom stereocenters. The van der Waals surface area contributed by atoms with E-state index in [0.717, 1.165) is 0 Å². The van der Waals surface area contributed by atoms with Crippen LogP contribution in [0.2, 0.25) is 0 Å². The molecule has 0 fully saturated rings. The molecule has 0 rings (SSSR count). The quantitative estimate of drug-likeness (QED) is 0.200. The van der Waals surface area contributed by atoms with Crippen LogP contribution in [0.3, 0.4) is 0 Å². The molecule has 0 aliphatic carbocycles. The van der Waals surface area contributed by atoms with E-state index < -0.39 is 23.1 Å². The lowest BCUT2D eigenvalue weighted by Crippen LogP contribution is -2.27. The van der Waals surface area contributed by atoms with Crippen LogP contribution in [0, 0.1) is 0 Å². The highest BCUT2D eigenvalue weighted by Crippen LogP contribution is 2.35. The molecule has 4 atom stereocenters. The van der Waals surface area contributed by atoms with Gasteiger partial charge in [0, 0.05) is 0 Å². The highest BCUT2D eigenvalue weighted by Gasteiger charge is 2.23. The normalized spacial score (nSPS) is 16.4. The fourth-order valence-electron chi connectivity index (χ4n) is 1.20. The molecule has 0 radical (unpaired) electrons. The third-order valence-electron chi connectivity index (χ3n) is 2.24. The Morgan fingerprint density at radius 1 is 0.818 bits per heavy atom. The zero-order valence-corrected chi connectivity index (χ0v) is 14.7. The fourth-order valence-corrected chi connectivity index (χ4v) is 4.00. The fraction of sp³-hybridized carbons (Fsp3) is 0.714. The third-order valence-corrected chi connectivity index (χ3v) is 5.26. The van der Waals surface area contributed by atoms with Gasteiger partial charge in [-0.1, -0.05) is 34.7 Å². The molecule has 0 aromatic carbocycles. The van der Waals surface area contributed by atoms with E-state index in [1.807, 2.05) is 0 Å². The zero-order valence-electron chi connectivity index (χ0n) is 13.1. The van der Waals surface area contributed by atoms with E-state index in [4.69, 9.17) is 18.9 Å². The van der Waals surface area contributed by atoms with Crippen molar-refractivity contribution in [3.8, 4) is 0 Å². The summed E-state index contributed by atoms with van der Waals surface area (Å²) >= 11 is 0. The minimum Gasteiger partial charge on any atom is -0.499 e.